The Kier molecular flexibility index (Phi) is 2.65. The zero-order valence-electron chi connectivity index (χ0n) is 6.40. The summed E-state index contributed by atoms with van der Waals surface area (Å²) in [5.41, 5.74) is 11.4. The first-order valence-corrected chi connectivity index (χ1v) is 3.96. The third-order valence-corrected chi connectivity index (χ3v) is 2.15. The Morgan fingerprint density at radius 1 is 1.40 bits per heavy atom. The van der Waals surface area contributed by atoms with Crippen molar-refractivity contribution in [1.82, 2.24) is 5.32 Å². The number of hydrogen-bond donors (Lipinski definition) is 3. The van der Waals surface area contributed by atoms with Gasteiger partial charge in [-0.1, -0.05) is 0 Å². The van der Waals surface area contributed by atoms with Crippen LogP contribution in [0, 0.1) is 0 Å². The van der Waals surface area contributed by atoms with Crippen LogP contribution in [0.3, 0.4) is 0 Å². The highest BCUT2D eigenvalue weighted by atomic mass is 15.0. The fourth-order valence-electron chi connectivity index (χ4n) is 1.25. The van der Waals surface area contributed by atoms with Crippen molar-refractivity contribution in [2.24, 2.45) is 11.5 Å². The minimum absolute atomic E-state index is 0.106. The highest BCUT2D eigenvalue weighted by Gasteiger charge is 2.31. The molecule has 0 radical (unpaired) electrons. The molecule has 1 fully saturated rings. The first-order chi connectivity index (χ1) is 4.77. The predicted molar refractivity (Wildman–Crippen MR) is 42.7 cm³/mol. The molecule has 3 nitrogen and oxygen atoms in total. The van der Waals surface area contributed by atoms with Crippen molar-refractivity contribution in [3.8, 4) is 0 Å². The fourth-order valence-corrected chi connectivity index (χ4v) is 1.25. The molecule has 1 aliphatic carbocycles. The van der Waals surface area contributed by atoms with Crippen LogP contribution >= 0.6 is 0 Å². The molecule has 0 spiro atoms. The van der Waals surface area contributed by atoms with Gasteiger partial charge in [0.2, 0.25) is 0 Å². The van der Waals surface area contributed by atoms with Gasteiger partial charge in [0.15, 0.2) is 0 Å². The molecule has 0 aromatic rings. The first kappa shape index (κ1) is 7.98. The maximum absolute atomic E-state index is 5.94. The zero-order chi connectivity index (χ0) is 7.45. The highest BCUT2D eigenvalue weighted by molar-refractivity contribution is 4.94. The third kappa shape index (κ3) is 1.94. The molecule has 5 N–H and O–H groups in total. The van der Waals surface area contributed by atoms with Crippen molar-refractivity contribution in [3.63, 3.8) is 0 Å². The van der Waals surface area contributed by atoms with E-state index in [2.05, 4.69) is 5.32 Å². The summed E-state index contributed by atoms with van der Waals surface area (Å²) in [6, 6.07) is 0. The molecule has 1 saturated carbocycles. The summed E-state index contributed by atoms with van der Waals surface area (Å²) < 4.78 is 0. The van der Waals surface area contributed by atoms with Crippen LogP contribution in [-0.4, -0.2) is 25.2 Å². The van der Waals surface area contributed by atoms with E-state index in [-0.39, 0.29) is 5.54 Å². The van der Waals surface area contributed by atoms with Crippen molar-refractivity contribution < 1.29 is 0 Å². The van der Waals surface area contributed by atoms with E-state index in [1.807, 2.05) is 0 Å². The van der Waals surface area contributed by atoms with Gasteiger partial charge in [0.1, 0.15) is 0 Å². The third-order valence-electron chi connectivity index (χ3n) is 2.15. The van der Waals surface area contributed by atoms with Gasteiger partial charge in [-0.25, -0.2) is 0 Å². The van der Waals surface area contributed by atoms with Crippen molar-refractivity contribution in [2.45, 2.75) is 24.8 Å². The van der Waals surface area contributed by atoms with E-state index >= 15 is 0 Å². The molecule has 0 bridgehead atoms. The smallest absolute Gasteiger partial charge is 0.0280 e. The molecule has 1 rings (SSSR count). The molecule has 3 heteroatoms. The van der Waals surface area contributed by atoms with Gasteiger partial charge in [-0.2, -0.15) is 0 Å². The van der Waals surface area contributed by atoms with E-state index in [1.54, 1.807) is 0 Å². The minimum atomic E-state index is 0.106. The second kappa shape index (κ2) is 3.32. The number of rotatable bonds is 4. The van der Waals surface area contributed by atoms with Gasteiger partial charge in [0.25, 0.3) is 0 Å². The average Bonchev–Trinajstić information content (AvgIpc) is 1.85. The minimum Gasteiger partial charge on any atom is -0.329 e. The Hall–Kier alpha value is -0.120. The number of nitrogens with one attached hydrogen (secondary N) is 1. The molecule has 0 unspecified atom stereocenters. The first-order valence-electron chi connectivity index (χ1n) is 3.96. The maximum atomic E-state index is 5.94. The van der Waals surface area contributed by atoms with Crippen LogP contribution in [-0.2, 0) is 0 Å². The van der Waals surface area contributed by atoms with E-state index in [9.17, 15) is 0 Å². The molecule has 1 aliphatic rings. The fraction of sp³-hybridized carbons (Fsp3) is 1.00. The van der Waals surface area contributed by atoms with E-state index in [4.69, 9.17) is 11.5 Å². The van der Waals surface area contributed by atoms with Crippen molar-refractivity contribution in [3.05, 3.63) is 0 Å². The monoisotopic (exact) mass is 143 g/mol. The van der Waals surface area contributed by atoms with Crippen molar-refractivity contribution >= 4 is 0 Å². The van der Waals surface area contributed by atoms with Gasteiger partial charge in [0, 0.05) is 25.2 Å². The average molecular weight is 143 g/mol. The molecular weight excluding hydrogens is 126 g/mol. The summed E-state index contributed by atoms with van der Waals surface area (Å²) in [5.74, 6) is 0. The van der Waals surface area contributed by atoms with Gasteiger partial charge in [-0.3, -0.25) is 0 Å². The largest absolute Gasteiger partial charge is 0.329 e. The van der Waals surface area contributed by atoms with Crippen LogP contribution in [0.4, 0.5) is 0 Å². The standard InChI is InChI=1S/C7H17N3/c8-4-5-10-6-7(9)2-1-3-7/h10H,1-6,8-9H2. The molecule has 0 aromatic heterocycles. The summed E-state index contributed by atoms with van der Waals surface area (Å²) in [5, 5.41) is 3.23. The van der Waals surface area contributed by atoms with Crippen LogP contribution in [0.15, 0.2) is 0 Å². The quantitative estimate of drug-likeness (QED) is 0.461. The molecule has 10 heavy (non-hydrogen) atoms. The molecule has 0 heterocycles. The summed E-state index contributed by atoms with van der Waals surface area (Å²) >= 11 is 0. The van der Waals surface area contributed by atoms with Gasteiger partial charge >= 0.3 is 0 Å². The van der Waals surface area contributed by atoms with Gasteiger partial charge in [-0.15, -0.1) is 0 Å². The lowest BCUT2D eigenvalue weighted by Gasteiger charge is -2.38. The van der Waals surface area contributed by atoms with Crippen LogP contribution in [0.2, 0.25) is 0 Å². The predicted octanol–water partition coefficient (Wildman–Crippen LogP) is -0.584. The van der Waals surface area contributed by atoms with Crippen molar-refractivity contribution in [1.29, 1.82) is 0 Å². The molecule has 0 aliphatic heterocycles. The van der Waals surface area contributed by atoms with Gasteiger partial charge in [-0.05, 0) is 19.3 Å². The summed E-state index contributed by atoms with van der Waals surface area (Å²) in [7, 11) is 0. The molecule has 60 valence electrons. The summed E-state index contributed by atoms with van der Waals surface area (Å²) in [6.07, 6.45) is 3.63. The van der Waals surface area contributed by atoms with E-state index in [0.717, 1.165) is 13.1 Å². The SMILES string of the molecule is NCCNCC1(N)CCC1. The molecule has 0 aromatic carbocycles. The van der Waals surface area contributed by atoms with Gasteiger partial charge in [0.05, 0.1) is 0 Å². The van der Waals surface area contributed by atoms with E-state index in [0.29, 0.717) is 6.54 Å². The number of hydrogen-bond acceptors (Lipinski definition) is 3. The highest BCUT2D eigenvalue weighted by Crippen LogP contribution is 2.27. The maximum Gasteiger partial charge on any atom is 0.0280 e. The van der Waals surface area contributed by atoms with Crippen LogP contribution in [0.5, 0.6) is 0 Å². The molecular formula is C7H17N3. The Balaban J connectivity index is 2.01. The zero-order valence-corrected chi connectivity index (χ0v) is 6.40. The van der Waals surface area contributed by atoms with E-state index < -0.39 is 0 Å². The Bertz CT molecular complexity index is 99.0. The molecule has 0 amide bonds. The van der Waals surface area contributed by atoms with Crippen LogP contribution in [0.1, 0.15) is 19.3 Å². The Morgan fingerprint density at radius 2 is 2.10 bits per heavy atom. The lowest BCUT2D eigenvalue weighted by molar-refractivity contribution is 0.240. The van der Waals surface area contributed by atoms with Crippen LogP contribution < -0.4 is 16.8 Å². The second-order valence-corrected chi connectivity index (χ2v) is 3.18. The Morgan fingerprint density at radius 3 is 2.50 bits per heavy atom. The Labute approximate surface area is 62.2 Å². The van der Waals surface area contributed by atoms with Crippen molar-refractivity contribution in [2.75, 3.05) is 19.6 Å². The lowest BCUT2D eigenvalue weighted by atomic mass is 9.78. The normalized spacial score (nSPS) is 22.2. The van der Waals surface area contributed by atoms with E-state index in [1.165, 1.54) is 19.3 Å². The lowest BCUT2D eigenvalue weighted by Crippen LogP contribution is -2.54. The summed E-state index contributed by atoms with van der Waals surface area (Å²) in [6.45, 7) is 2.53. The van der Waals surface area contributed by atoms with Gasteiger partial charge < -0.3 is 16.8 Å². The molecule has 0 saturated heterocycles. The second-order valence-electron chi connectivity index (χ2n) is 3.18. The topological polar surface area (TPSA) is 64.1 Å². The molecule has 0 atom stereocenters. The van der Waals surface area contributed by atoms with Crippen LogP contribution in [0.25, 0.3) is 0 Å². The number of nitrogens with two attached hydrogens (primary N) is 2. The summed E-state index contributed by atoms with van der Waals surface area (Å²) in [4.78, 5) is 0.